The van der Waals surface area contributed by atoms with Crippen molar-refractivity contribution in [1.29, 1.82) is 0 Å². The molecule has 0 amide bonds. The third-order valence-corrected chi connectivity index (χ3v) is 3.47. The molecule has 0 heterocycles. The summed E-state index contributed by atoms with van der Waals surface area (Å²) < 4.78 is 5.61. The monoisotopic (exact) mass is 277 g/mol. The molecule has 110 valence electrons. The van der Waals surface area contributed by atoms with Gasteiger partial charge in [-0.1, -0.05) is 18.0 Å². The molecule has 0 radical (unpaired) electrons. The maximum Gasteiger partial charge on any atom is 0.170 e. The molecule has 0 unspecified atom stereocenters. The van der Waals surface area contributed by atoms with Gasteiger partial charge in [0.25, 0.3) is 0 Å². The summed E-state index contributed by atoms with van der Waals surface area (Å²) in [6.45, 7) is 2.57. The molecular weight excluding hydrogens is 254 g/mol. The first-order valence-corrected chi connectivity index (χ1v) is 7.21. The minimum atomic E-state index is 0.105. The van der Waals surface area contributed by atoms with Crippen LogP contribution >= 0.6 is 0 Å². The van der Waals surface area contributed by atoms with E-state index < -0.39 is 0 Å². The van der Waals surface area contributed by atoms with E-state index in [4.69, 9.17) is 15.7 Å². The van der Waals surface area contributed by atoms with Crippen LogP contribution in [0.15, 0.2) is 29.4 Å². The Morgan fingerprint density at radius 3 is 2.70 bits per heavy atom. The zero-order chi connectivity index (χ0) is 14.2. The number of nitrogens with one attached hydrogen (secondary N) is 1. The highest BCUT2D eigenvalue weighted by Gasteiger charge is 2.19. The Morgan fingerprint density at radius 1 is 1.30 bits per heavy atom. The molecule has 1 aliphatic carbocycles. The van der Waals surface area contributed by atoms with Gasteiger partial charge in [-0.2, -0.15) is 0 Å². The van der Waals surface area contributed by atoms with E-state index in [1.165, 1.54) is 25.7 Å². The zero-order valence-electron chi connectivity index (χ0n) is 11.7. The third kappa shape index (κ3) is 5.09. The van der Waals surface area contributed by atoms with Crippen LogP contribution in [0.25, 0.3) is 0 Å². The lowest BCUT2D eigenvalue weighted by Crippen LogP contribution is -2.22. The molecule has 2 rings (SSSR count). The van der Waals surface area contributed by atoms with Gasteiger partial charge in [-0.3, -0.25) is 0 Å². The number of nitrogens with two attached hydrogens (primary N) is 1. The standard InChI is InChI=1S/C15H23N3O2/c16-15(18-19)13-5-7-14(8-6-13)20-11-10-17-9-1-2-12-3-4-12/h5-8,12,17,19H,1-4,9-11H2,(H2,16,18). The summed E-state index contributed by atoms with van der Waals surface area (Å²) in [6, 6.07) is 7.18. The van der Waals surface area contributed by atoms with Gasteiger partial charge in [0.05, 0.1) is 0 Å². The van der Waals surface area contributed by atoms with Crippen molar-refractivity contribution in [2.45, 2.75) is 25.7 Å². The van der Waals surface area contributed by atoms with Crippen molar-refractivity contribution in [3.63, 3.8) is 0 Å². The molecule has 0 aromatic heterocycles. The molecule has 1 saturated carbocycles. The Bertz CT molecular complexity index is 427. The maximum atomic E-state index is 8.56. The Morgan fingerprint density at radius 2 is 2.05 bits per heavy atom. The predicted molar refractivity (Wildman–Crippen MR) is 79.3 cm³/mol. The fourth-order valence-corrected chi connectivity index (χ4v) is 2.07. The first-order chi connectivity index (χ1) is 9.79. The molecule has 1 aliphatic rings. The van der Waals surface area contributed by atoms with Gasteiger partial charge in [0.2, 0.25) is 0 Å². The van der Waals surface area contributed by atoms with Crippen LogP contribution in [-0.2, 0) is 0 Å². The summed E-state index contributed by atoms with van der Waals surface area (Å²) in [7, 11) is 0. The number of amidine groups is 1. The summed E-state index contributed by atoms with van der Waals surface area (Å²) in [5.41, 5.74) is 6.17. The van der Waals surface area contributed by atoms with E-state index in [1.54, 1.807) is 12.1 Å². The van der Waals surface area contributed by atoms with Crippen molar-refractivity contribution in [2.75, 3.05) is 19.7 Å². The molecule has 1 fully saturated rings. The van der Waals surface area contributed by atoms with Crippen molar-refractivity contribution in [1.82, 2.24) is 5.32 Å². The number of hydrogen-bond donors (Lipinski definition) is 3. The predicted octanol–water partition coefficient (Wildman–Crippen LogP) is 1.94. The number of rotatable bonds is 9. The molecule has 5 nitrogen and oxygen atoms in total. The Kier molecular flexibility index (Phi) is 5.68. The molecule has 0 atom stereocenters. The molecular formula is C15H23N3O2. The van der Waals surface area contributed by atoms with Gasteiger partial charge in [0.1, 0.15) is 12.4 Å². The summed E-state index contributed by atoms with van der Waals surface area (Å²) in [4.78, 5) is 0. The van der Waals surface area contributed by atoms with Crippen LogP contribution in [-0.4, -0.2) is 30.7 Å². The van der Waals surface area contributed by atoms with E-state index in [0.717, 1.165) is 24.8 Å². The molecule has 0 saturated heterocycles. The fourth-order valence-electron chi connectivity index (χ4n) is 2.07. The second-order valence-electron chi connectivity index (χ2n) is 5.19. The topological polar surface area (TPSA) is 79.9 Å². The van der Waals surface area contributed by atoms with Gasteiger partial charge in [-0.15, -0.1) is 0 Å². The van der Waals surface area contributed by atoms with Crippen molar-refractivity contribution in [2.24, 2.45) is 16.8 Å². The van der Waals surface area contributed by atoms with Crippen LogP contribution in [0.2, 0.25) is 0 Å². The minimum Gasteiger partial charge on any atom is -0.492 e. The van der Waals surface area contributed by atoms with E-state index >= 15 is 0 Å². The molecule has 4 N–H and O–H groups in total. The van der Waals surface area contributed by atoms with Gasteiger partial charge in [-0.05, 0) is 49.6 Å². The van der Waals surface area contributed by atoms with Gasteiger partial charge < -0.3 is 21.0 Å². The van der Waals surface area contributed by atoms with Crippen molar-refractivity contribution in [3.8, 4) is 5.75 Å². The first-order valence-electron chi connectivity index (χ1n) is 7.21. The summed E-state index contributed by atoms with van der Waals surface area (Å²) in [5.74, 6) is 1.91. The lowest BCUT2D eigenvalue weighted by atomic mass is 10.2. The van der Waals surface area contributed by atoms with Crippen LogP contribution < -0.4 is 15.8 Å². The lowest BCUT2D eigenvalue weighted by Gasteiger charge is -2.08. The highest BCUT2D eigenvalue weighted by atomic mass is 16.5. The van der Waals surface area contributed by atoms with Crippen molar-refractivity contribution >= 4 is 5.84 Å². The Labute approximate surface area is 119 Å². The van der Waals surface area contributed by atoms with Crippen LogP contribution in [0, 0.1) is 5.92 Å². The fraction of sp³-hybridized carbons (Fsp3) is 0.533. The van der Waals surface area contributed by atoms with Crippen LogP contribution in [0.4, 0.5) is 0 Å². The molecule has 1 aromatic carbocycles. The molecule has 0 spiro atoms. The number of hydrogen-bond acceptors (Lipinski definition) is 4. The summed E-state index contributed by atoms with van der Waals surface area (Å²) in [5, 5.41) is 14.9. The second-order valence-corrected chi connectivity index (χ2v) is 5.19. The molecule has 0 bridgehead atoms. The van der Waals surface area contributed by atoms with E-state index in [1.807, 2.05) is 12.1 Å². The Balaban J connectivity index is 1.56. The molecule has 1 aromatic rings. The normalized spacial score (nSPS) is 15.3. The van der Waals surface area contributed by atoms with Gasteiger partial charge in [-0.25, -0.2) is 0 Å². The largest absolute Gasteiger partial charge is 0.492 e. The first kappa shape index (κ1) is 14.7. The Hall–Kier alpha value is -1.75. The number of nitrogens with zero attached hydrogens (tertiary/aromatic N) is 1. The molecule has 0 aliphatic heterocycles. The maximum absolute atomic E-state index is 8.56. The number of oxime groups is 1. The quantitative estimate of drug-likeness (QED) is 0.212. The van der Waals surface area contributed by atoms with E-state index in [0.29, 0.717) is 12.2 Å². The van der Waals surface area contributed by atoms with Gasteiger partial charge in [0.15, 0.2) is 5.84 Å². The second kappa shape index (κ2) is 7.75. The SMILES string of the molecule is N/C(=N/O)c1ccc(OCCNCCCC2CC2)cc1. The third-order valence-electron chi connectivity index (χ3n) is 3.47. The van der Waals surface area contributed by atoms with Crippen molar-refractivity contribution in [3.05, 3.63) is 29.8 Å². The van der Waals surface area contributed by atoms with E-state index in [-0.39, 0.29) is 5.84 Å². The highest BCUT2D eigenvalue weighted by molar-refractivity contribution is 5.97. The number of benzene rings is 1. The van der Waals surface area contributed by atoms with Gasteiger partial charge in [0, 0.05) is 12.1 Å². The molecule has 5 heteroatoms. The van der Waals surface area contributed by atoms with Crippen LogP contribution in [0.3, 0.4) is 0 Å². The van der Waals surface area contributed by atoms with Crippen LogP contribution in [0.5, 0.6) is 5.75 Å². The van der Waals surface area contributed by atoms with Crippen molar-refractivity contribution < 1.29 is 9.94 Å². The minimum absolute atomic E-state index is 0.105. The average molecular weight is 277 g/mol. The van der Waals surface area contributed by atoms with Crippen LogP contribution in [0.1, 0.15) is 31.2 Å². The van der Waals surface area contributed by atoms with Gasteiger partial charge >= 0.3 is 0 Å². The number of ether oxygens (including phenoxy) is 1. The lowest BCUT2D eigenvalue weighted by molar-refractivity contribution is 0.313. The smallest absolute Gasteiger partial charge is 0.170 e. The van der Waals surface area contributed by atoms with E-state index in [2.05, 4.69) is 10.5 Å². The highest BCUT2D eigenvalue weighted by Crippen LogP contribution is 2.33. The zero-order valence-corrected chi connectivity index (χ0v) is 11.7. The summed E-state index contributed by atoms with van der Waals surface area (Å²) in [6.07, 6.45) is 5.50. The molecule has 20 heavy (non-hydrogen) atoms. The average Bonchev–Trinajstić information content (AvgIpc) is 3.30. The van der Waals surface area contributed by atoms with E-state index in [9.17, 15) is 0 Å². The summed E-state index contributed by atoms with van der Waals surface area (Å²) >= 11 is 0.